The predicted molar refractivity (Wildman–Crippen MR) is 95.0 cm³/mol. The SMILES string of the molecule is O=C(CN1CCOc2ccccc21)N1CCN(c2ncccn2)CC1. The Labute approximate surface area is 146 Å². The molecular formula is C18H21N5O2. The monoisotopic (exact) mass is 339 g/mol. The Morgan fingerprint density at radius 3 is 2.56 bits per heavy atom. The van der Waals surface area contributed by atoms with Gasteiger partial charge in [-0.1, -0.05) is 12.1 Å². The lowest BCUT2D eigenvalue weighted by molar-refractivity contribution is -0.130. The molecule has 25 heavy (non-hydrogen) atoms. The topological polar surface area (TPSA) is 61.8 Å². The number of anilines is 2. The van der Waals surface area contributed by atoms with Crippen LogP contribution in [0.4, 0.5) is 11.6 Å². The van der Waals surface area contributed by atoms with E-state index in [1.807, 2.05) is 35.2 Å². The average Bonchev–Trinajstić information content (AvgIpc) is 2.69. The van der Waals surface area contributed by atoms with E-state index in [1.165, 1.54) is 0 Å². The molecule has 3 heterocycles. The van der Waals surface area contributed by atoms with Gasteiger partial charge in [-0.25, -0.2) is 9.97 Å². The highest BCUT2D eigenvalue weighted by atomic mass is 16.5. The minimum atomic E-state index is 0.158. The fourth-order valence-electron chi connectivity index (χ4n) is 3.26. The number of rotatable bonds is 3. The number of fused-ring (bicyclic) bond motifs is 1. The van der Waals surface area contributed by atoms with Crippen molar-refractivity contribution in [2.75, 3.05) is 55.7 Å². The minimum Gasteiger partial charge on any atom is -0.490 e. The van der Waals surface area contributed by atoms with E-state index in [0.29, 0.717) is 26.2 Å². The number of hydrogen-bond acceptors (Lipinski definition) is 6. The van der Waals surface area contributed by atoms with E-state index in [-0.39, 0.29) is 5.91 Å². The van der Waals surface area contributed by atoms with Crippen molar-refractivity contribution in [3.8, 4) is 5.75 Å². The number of hydrogen-bond donors (Lipinski definition) is 0. The van der Waals surface area contributed by atoms with Crippen molar-refractivity contribution in [2.45, 2.75) is 0 Å². The summed E-state index contributed by atoms with van der Waals surface area (Å²) in [5.74, 6) is 1.75. The lowest BCUT2D eigenvalue weighted by atomic mass is 10.2. The van der Waals surface area contributed by atoms with Crippen LogP contribution in [0.3, 0.4) is 0 Å². The molecule has 2 aliphatic heterocycles. The van der Waals surface area contributed by atoms with Crippen molar-refractivity contribution in [2.24, 2.45) is 0 Å². The summed E-state index contributed by atoms with van der Waals surface area (Å²) in [5, 5.41) is 0. The molecule has 1 aromatic heterocycles. The largest absolute Gasteiger partial charge is 0.490 e. The molecule has 4 rings (SSSR count). The normalized spacial score (nSPS) is 17.0. The summed E-state index contributed by atoms with van der Waals surface area (Å²) in [6.45, 7) is 4.66. The number of para-hydroxylation sites is 2. The second-order valence-corrected chi connectivity index (χ2v) is 6.15. The third kappa shape index (κ3) is 3.35. The van der Waals surface area contributed by atoms with Crippen LogP contribution in [-0.4, -0.2) is 66.7 Å². The lowest BCUT2D eigenvalue weighted by Gasteiger charge is -2.37. The molecule has 1 amide bonds. The Morgan fingerprint density at radius 1 is 1.00 bits per heavy atom. The van der Waals surface area contributed by atoms with Gasteiger partial charge >= 0.3 is 0 Å². The Hall–Kier alpha value is -2.83. The van der Waals surface area contributed by atoms with Gasteiger partial charge in [-0.15, -0.1) is 0 Å². The summed E-state index contributed by atoms with van der Waals surface area (Å²) in [7, 11) is 0. The van der Waals surface area contributed by atoms with Gasteiger partial charge in [-0.05, 0) is 18.2 Å². The number of carbonyl (C=O) groups excluding carboxylic acids is 1. The van der Waals surface area contributed by atoms with Crippen LogP contribution in [0.2, 0.25) is 0 Å². The summed E-state index contributed by atoms with van der Waals surface area (Å²) < 4.78 is 5.66. The third-order valence-electron chi connectivity index (χ3n) is 4.62. The van der Waals surface area contributed by atoms with E-state index in [4.69, 9.17) is 4.74 Å². The van der Waals surface area contributed by atoms with Crippen molar-refractivity contribution in [3.05, 3.63) is 42.7 Å². The molecule has 130 valence electrons. The van der Waals surface area contributed by atoms with Crippen molar-refractivity contribution in [3.63, 3.8) is 0 Å². The Kier molecular flexibility index (Phi) is 4.37. The van der Waals surface area contributed by atoms with Gasteiger partial charge in [0.25, 0.3) is 0 Å². The molecular weight excluding hydrogens is 318 g/mol. The molecule has 0 radical (unpaired) electrons. The van der Waals surface area contributed by atoms with Crippen LogP contribution in [0.1, 0.15) is 0 Å². The van der Waals surface area contributed by atoms with E-state index in [2.05, 4.69) is 19.8 Å². The lowest BCUT2D eigenvalue weighted by Crippen LogP contribution is -2.52. The van der Waals surface area contributed by atoms with Gasteiger partial charge in [0.15, 0.2) is 0 Å². The quantitative estimate of drug-likeness (QED) is 0.832. The smallest absolute Gasteiger partial charge is 0.242 e. The zero-order chi connectivity index (χ0) is 17.1. The molecule has 0 atom stereocenters. The highest BCUT2D eigenvalue weighted by Crippen LogP contribution is 2.30. The van der Waals surface area contributed by atoms with Gasteiger partial charge in [0.1, 0.15) is 12.4 Å². The number of amides is 1. The van der Waals surface area contributed by atoms with Gasteiger partial charge in [-0.3, -0.25) is 4.79 Å². The second kappa shape index (κ2) is 6.96. The van der Waals surface area contributed by atoms with Crippen molar-refractivity contribution in [1.29, 1.82) is 0 Å². The number of aromatic nitrogens is 2. The molecule has 7 nitrogen and oxygen atoms in total. The molecule has 0 aliphatic carbocycles. The summed E-state index contributed by atoms with van der Waals surface area (Å²) in [6, 6.07) is 9.69. The molecule has 0 saturated carbocycles. The van der Waals surface area contributed by atoms with Gasteiger partial charge in [0.05, 0.1) is 18.8 Å². The predicted octanol–water partition coefficient (Wildman–Crippen LogP) is 1.02. The molecule has 2 aromatic rings. The molecule has 1 saturated heterocycles. The van der Waals surface area contributed by atoms with Crippen LogP contribution in [0.5, 0.6) is 5.75 Å². The molecule has 0 N–H and O–H groups in total. The molecule has 7 heteroatoms. The second-order valence-electron chi connectivity index (χ2n) is 6.15. The van der Waals surface area contributed by atoms with E-state index < -0.39 is 0 Å². The van der Waals surface area contributed by atoms with Crippen LogP contribution in [0, 0.1) is 0 Å². The number of carbonyl (C=O) groups is 1. The van der Waals surface area contributed by atoms with Gasteiger partial charge in [0.2, 0.25) is 11.9 Å². The van der Waals surface area contributed by atoms with E-state index >= 15 is 0 Å². The highest BCUT2D eigenvalue weighted by molar-refractivity contribution is 5.82. The summed E-state index contributed by atoms with van der Waals surface area (Å²) >= 11 is 0. The molecule has 1 aromatic carbocycles. The number of piperazine rings is 1. The third-order valence-corrected chi connectivity index (χ3v) is 4.62. The van der Waals surface area contributed by atoms with Crippen LogP contribution in [-0.2, 0) is 4.79 Å². The number of benzene rings is 1. The van der Waals surface area contributed by atoms with Crippen LogP contribution < -0.4 is 14.5 Å². The number of ether oxygens (including phenoxy) is 1. The molecule has 0 spiro atoms. The minimum absolute atomic E-state index is 0.158. The van der Waals surface area contributed by atoms with Crippen LogP contribution >= 0.6 is 0 Å². The van der Waals surface area contributed by atoms with E-state index in [0.717, 1.165) is 37.0 Å². The van der Waals surface area contributed by atoms with E-state index in [1.54, 1.807) is 12.4 Å². The zero-order valence-corrected chi connectivity index (χ0v) is 14.0. The summed E-state index contributed by atoms with van der Waals surface area (Å²) in [6.07, 6.45) is 3.49. The Bertz CT molecular complexity index is 731. The first-order valence-corrected chi connectivity index (χ1v) is 8.58. The van der Waals surface area contributed by atoms with Crippen LogP contribution in [0.15, 0.2) is 42.7 Å². The maximum absolute atomic E-state index is 12.7. The number of nitrogens with zero attached hydrogens (tertiary/aromatic N) is 5. The first-order valence-electron chi connectivity index (χ1n) is 8.58. The van der Waals surface area contributed by atoms with Crippen molar-refractivity contribution < 1.29 is 9.53 Å². The maximum Gasteiger partial charge on any atom is 0.242 e. The first-order chi connectivity index (χ1) is 12.3. The fourth-order valence-corrected chi connectivity index (χ4v) is 3.26. The standard InChI is InChI=1S/C18H21N5O2/c24-17(14-23-12-13-25-16-5-2-1-4-15(16)23)21-8-10-22(11-9-21)18-19-6-3-7-20-18/h1-7H,8-14H2. The molecule has 2 aliphatic rings. The van der Waals surface area contributed by atoms with Crippen molar-refractivity contribution >= 4 is 17.5 Å². The van der Waals surface area contributed by atoms with Gasteiger partial charge in [0, 0.05) is 38.6 Å². The molecule has 1 fully saturated rings. The fraction of sp³-hybridized carbons (Fsp3) is 0.389. The van der Waals surface area contributed by atoms with Gasteiger partial charge in [-0.2, -0.15) is 0 Å². The van der Waals surface area contributed by atoms with Crippen molar-refractivity contribution in [1.82, 2.24) is 14.9 Å². The highest BCUT2D eigenvalue weighted by Gasteiger charge is 2.26. The maximum atomic E-state index is 12.7. The van der Waals surface area contributed by atoms with E-state index in [9.17, 15) is 4.79 Å². The average molecular weight is 339 g/mol. The van der Waals surface area contributed by atoms with Gasteiger partial charge < -0.3 is 19.4 Å². The summed E-state index contributed by atoms with van der Waals surface area (Å²) in [4.78, 5) is 27.4. The Morgan fingerprint density at radius 2 is 1.76 bits per heavy atom. The first kappa shape index (κ1) is 15.7. The Balaban J connectivity index is 1.36. The molecule has 0 bridgehead atoms. The van der Waals surface area contributed by atoms with Crippen LogP contribution in [0.25, 0.3) is 0 Å². The molecule has 0 unspecified atom stereocenters. The zero-order valence-electron chi connectivity index (χ0n) is 14.0. The summed E-state index contributed by atoms with van der Waals surface area (Å²) in [5.41, 5.74) is 0.999.